The number of nitrogen functional groups attached to an aromatic ring is 1. The molecule has 1 fully saturated rings. The maximum Gasteiger partial charge on any atom is 0.259 e. The van der Waals surface area contributed by atoms with Crippen LogP contribution in [-0.2, 0) is 6.42 Å². The van der Waals surface area contributed by atoms with E-state index in [4.69, 9.17) is 21.9 Å². The van der Waals surface area contributed by atoms with Crippen molar-refractivity contribution in [2.24, 2.45) is 5.92 Å². The first-order chi connectivity index (χ1) is 8.22. The average molecular weight is 250 g/mol. The van der Waals surface area contributed by atoms with Crippen LogP contribution in [0.25, 0.3) is 11.5 Å². The van der Waals surface area contributed by atoms with E-state index in [1.165, 1.54) is 12.8 Å². The Balaban J connectivity index is 1.89. The summed E-state index contributed by atoms with van der Waals surface area (Å²) in [5, 5.41) is 4.49. The van der Waals surface area contributed by atoms with E-state index >= 15 is 0 Å². The third-order valence-corrected chi connectivity index (χ3v) is 3.17. The van der Waals surface area contributed by atoms with Crippen molar-refractivity contribution in [2.75, 3.05) is 5.73 Å². The van der Waals surface area contributed by atoms with Crippen molar-refractivity contribution in [3.05, 3.63) is 29.0 Å². The molecule has 1 aromatic heterocycles. The number of hydrogen-bond acceptors (Lipinski definition) is 4. The normalized spacial score (nSPS) is 15.1. The van der Waals surface area contributed by atoms with E-state index < -0.39 is 0 Å². The molecule has 17 heavy (non-hydrogen) atoms. The summed E-state index contributed by atoms with van der Waals surface area (Å²) in [4.78, 5) is 4.35. The first-order valence-corrected chi connectivity index (χ1v) is 5.98. The van der Waals surface area contributed by atoms with Crippen molar-refractivity contribution in [3.63, 3.8) is 0 Å². The van der Waals surface area contributed by atoms with Crippen LogP contribution in [0.3, 0.4) is 0 Å². The second-order valence-electron chi connectivity index (χ2n) is 4.40. The van der Waals surface area contributed by atoms with Gasteiger partial charge in [0.2, 0.25) is 0 Å². The van der Waals surface area contributed by atoms with Crippen LogP contribution in [0.5, 0.6) is 0 Å². The molecule has 1 heterocycles. The molecule has 0 radical (unpaired) electrons. The molecular formula is C12H12ClN3O. The molecule has 1 saturated carbocycles. The van der Waals surface area contributed by atoms with Crippen molar-refractivity contribution in [1.29, 1.82) is 0 Å². The summed E-state index contributed by atoms with van der Waals surface area (Å²) < 4.78 is 5.21. The molecule has 2 N–H and O–H groups in total. The van der Waals surface area contributed by atoms with Gasteiger partial charge in [-0.2, -0.15) is 4.98 Å². The number of aromatic nitrogens is 2. The topological polar surface area (TPSA) is 64.9 Å². The molecule has 0 aliphatic heterocycles. The molecule has 1 aliphatic carbocycles. The Morgan fingerprint density at radius 2 is 2.24 bits per heavy atom. The van der Waals surface area contributed by atoms with Gasteiger partial charge in [0.15, 0.2) is 5.82 Å². The van der Waals surface area contributed by atoms with E-state index in [2.05, 4.69) is 10.1 Å². The van der Waals surface area contributed by atoms with Gasteiger partial charge in [0.25, 0.3) is 5.89 Å². The van der Waals surface area contributed by atoms with Crippen LogP contribution in [0.4, 0.5) is 5.69 Å². The SMILES string of the molecule is Nc1ccc(-c2nc(CC3CC3)no2)c(Cl)c1. The number of halogens is 1. The predicted octanol–water partition coefficient (Wildman–Crippen LogP) is 2.92. The highest BCUT2D eigenvalue weighted by atomic mass is 35.5. The molecule has 0 spiro atoms. The lowest BCUT2D eigenvalue weighted by molar-refractivity contribution is 0.421. The lowest BCUT2D eigenvalue weighted by Gasteiger charge is -1.99. The van der Waals surface area contributed by atoms with Crippen LogP contribution < -0.4 is 5.73 Å². The molecule has 4 nitrogen and oxygen atoms in total. The Morgan fingerprint density at radius 1 is 1.41 bits per heavy atom. The molecule has 0 atom stereocenters. The van der Waals surface area contributed by atoms with Crippen LogP contribution >= 0.6 is 11.6 Å². The zero-order valence-electron chi connectivity index (χ0n) is 9.19. The summed E-state index contributed by atoms with van der Waals surface area (Å²) in [6, 6.07) is 5.25. The Hall–Kier alpha value is -1.55. The maximum absolute atomic E-state index is 6.08. The Kier molecular flexibility index (Phi) is 2.52. The molecular weight excluding hydrogens is 238 g/mol. The van der Waals surface area contributed by atoms with Crippen LogP contribution in [-0.4, -0.2) is 10.1 Å². The molecule has 5 heteroatoms. The minimum Gasteiger partial charge on any atom is -0.399 e. The Bertz CT molecular complexity index is 548. The Labute approximate surface area is 104 Å². The fourth-order valence-electron chi connectivity index (χ4n) is 1.73. The fraction of sp³-hybridized carbons (Fsp3) is 0.333. The van der Waals surface area contributed by atoms with Crippen molar-refractivity contribution >= 4 is 17.3 Å². The summed E-state index contributed by atoms with van der Waals surface area (Å²) in [5.41, 5.74) is 6.99. The van der Waals surface area contributed by atoms with E-state index in [1.807, 2.05) is 0 Å². The Morgan fingerprint density at radius 3 is 2.94 bits per heavy atom. The standard InChI is InChI=1S/C12H12ClN3O/c13-10-6-8(14)3-4-9(10)12-15-11(16-17-12)5-7-1-2-7/h3-4,6-7H,1-2,5,14H2. The van der Waals surface area contributed by atoms with E-state index in [0.717, 1.165) is 23.7 Å². The molecule has 0 bridgehead atoms. The molecule has 2 aromatic rings. The third kappa shape index (κ3) is 2.26. The second-order valence-corrected chi connectivity index (χ2v) is 4.81. The second kappa shape index (κ2) is 4.04. The number of nitrogens with zero attached hydrogens (tertiary/aromatic N) is 2. The first-order valence-electron chi connectivity index (χ1n) is 5.60. The van der Waals surface area contributed by atoms with Gasteiger partial charge in [0.1, 0.15) is 0 Å². The van der Waals surface area contributed by atoms with Gasteiger partial charge < -0.3 is 10.3 Å². The third-order valence-electron chi connectivity index (χ3n) is 2.86. The minimum absolute atomic E-state index is 0.464. The van der Waals surface area contributed by atoms with E-state index in [9.17, 15) is 0 Å². The molecule has 1 aromatic carbocycles. The molecule has 0 unspecified atom stereocenters. The summed E-state index contributed by atoms with van der Waals surface area (Å²) in [5.74, 6) is 1.96. The number of anilines is 1. The van der Waals surface area contributed by atoms with Gasteiger partial charge >= 0.3 is 0 Å². The average Bonchev–Trinajstić information content (AvgIpc) is 2.96. The zero-order valence-corrected chi connectivity index (χ0v) is 9.94. The van der Waals surface area contributed by atoms with Crippen LogP contribution in [0.2, 0.25) is 5.02 Å². The highest BCUT2D eigenvalue weighted by Gasteiger charge is 2.24. The lowest BCUT2D eigenvalue weighted by Crippen LogP contribution is -1.90. The summed E-state index contributed by atoms with van der Waals surface area (Å²) in [6.07, 6.45) is 3.44. The van der Waals surface area contributed by atoms with Gasteiger partial charge in [-0.1, -0.05) is 16.8 Å². The molecule has 0 saturated heterocycles. The molecule has 88 valence electrons. The summed E-state index contributed by atoms with van der Waals surface area (Å²) in [6.45, 7) is 0. The van der Waals surface area contributed by atoms with Gasteiger partial charge in [0, 0.05) is 12.1 Å². The highest BCUT2D eigenvalue weighted by molar-refractivity contribution is 6.33. The van der Waals surface area contributed by atoms with Gasteiger partial charge in [0.05, 0.1) is 10.6 Å². The van der Waals surface area contributed by atoms with Gasteiger partial charge in [-0.05, 0) is 37.0 Å². The van der Waals surface area contributed by atoms with Gasteiger partial charge in [-0.25, -0.2) is 0 Å². The minimum atomic E-state index is 0.464. The number of rotatable bonds is 3. The lowest BCUT2D eigenvalue weighted by atomic mass is 10.2. The number of nitrogens with two attached hydrogens (primary N) is 1. The number of hydrogen-bond donors (Lipinski definition) is 1. The fourth-order valence-corrected chi connectivity index (χ4v) is 2.00. The van der Waals surface area contributed by atoms with Gasteiger partial charge in [-0.3, -0.25) is 0 Å². The maximum atomic E-state index is 6.08. The molecule has 3 rings (SSSR count). The number of benzene rings is 1. The van der Waals surface area contributed by atoms with Crippen molar-refractivity contribution in [3.8, 4) is 11.5 Å². The monoisotopic (exact) mass is 249 g/mol. The highest BCUT2D eigenvalue weighted by Crippen LogP contribution is 2.33. The van der Waals surface area contributed by atoms with Crippen LogP contribution in [0.1, 0.15) is 18.7 Å². The van der Waals surface area contributed by atoms with Crippen molar-refractivity contribution in [2.45, 2.75) is 19.3 Å². The smallest absolute Gasteiger partial charge is 0.259 e. The largest absolute Gasteiger partial charge is 0.399 e. The first kappa shape index (κ1) is 10.6. The van der Waals surface area contributed by atoms with Gasteiger partial charge in [-0.15, -0.1) is 0 Å². The van der Waals surface area contributed by atoms with Crippen LogP contribution in [0, 0.1) is 5.92 Å². The van der Waals surface area contributed by atoms with Crippen molar-refractivity contribution in [1.82, 2.24) is 10.1 Å². The van der Waals surface area contributed by atoms with Crippen LogP contribution in [0.15, 0.2) is 22.7 Å². The van der Waals surface area contributed by atoms with E-state index in [0.29, 0.717) is 16.6 Å². The quantitative estimate of drug-likeness (QED) is 0.850. The molecule has 0 amide bonds. The van der Waals surface area contributed by atoms with E-state index in [1.54, 1.807) is 18.2 Å². The predicted molar refractivity (Wildman–Crippen MR) is 65.6 cm³/mol. The summed E-state index contributed by atoms with van der Waals surface area (Å²) in [7, 11) is 0. The van der Waals surface area contributed by atoms with E-state index in [-0.39, 0.29) is 0 Å². The zero-order chi connectivity index (χ0) is 11.8. The molecule has 1 aliphatic rings. The van der Waals surface area contributed by atoms with Crippen molar-refractivity contribution < 1.29 is 4.52 Å². The summed E-state index contributed by atoms with van der Waals surface area (Å²) >= 11 is 6.08.